The summed E-state index contributed by atoms with van der Waals surface area (Å²) in [5, 5.41) is 3.47. The molecule has 0 aromatic heterocycles. The van der Waals surface area contributed by atoms with Gasteiger partial charge >= 0.3 is 0 Å². The smallest absolute Gasteiger partial charge is 0.269 e. The molecule has 0 saturated carbocycles. The molecule has 0 unspecified atom stereocenters. The topological polar surface area (TPSA) is 47.6 Å². The van der Waals surface area contributed by atoms with Crippen LogP contribution in [0, 0.1) is 6.92 Å². The lowest BCUT2D eigenvalue weighted by molar-refractivity contribution is -0.125. The number of halogens is 1. The molecule has 2 aromatic carbocycles. The van der Waals surface area contributed by atoms with E-state index in [4.69, 9.17) is 21.1 Å². The molecule has 0 spiro atoms. The average Bonchev–Trinajstić information content (AvgIpc) is 2.49. The van der Waals surface area contributed by atoms with E-state index in [-0.39, 0.29) is 12.5 Å². The van der Waals surface area contributed by atoms with Crippen LogP contribution in [0.25, 0.3) is 0 Å². The Balaban J connectivity index is 1.72. The molecule has 0 fully saturated rings. The van der Waals surface area contributed by atoms with E-state index in [1.807, 2.05) is 25.1 Å². The maximum Gasteiger partial charge on any atom is 0.269 e. The van der Waals surface area contributed by atoms with Gasteiger partial charge in [-0.05, 0) is 42.8 Å². The minimum atomic E-state index is -0.671. The maximum absolute atomic E-state index is 12.3. The van der Waals surface area contributed by atoms with E-state index in [1.165, 1.54) is 0 Å². The minimum Gasteiger partial charge on any atom is -0.485 e. The normalized spacial score (nSPS) is 16.4. The first-order valence-corrected chi connectivity index (χ1v) is 6.97. The van der Waals surface area contributed by atoms with Crippen molar-refractivity contribution in [2.75, 3.05) is 11.9 Å². The highest BCUT2D eigenvalue weighted by Crippen LogP contribution is 2.31. The number of carbonyl (C=O) groups excluding carboxylic acids is 1. The fourth-order valence-corrected chi connectivity index (χ4v) is 2.36. The van der Waals surface area contributed by atoms with Crippen LogP contribution in [0.4, 0.5) is 5.69 Å². The number of rotatable bonds is 2. The highest BCUT2D eigenvalue weighted by Gasteiger charge is 2.27. The van der Waals surface area contributed by atoms with Crippen LogP contribution in [0.3, 0.4) is 0 Å². The highest BCUT2D eigenvalue weighted by atomic mass is 35.5. The van der Waals surface area contributed by atoms with Crippen LogP contribution in [0.2, 0.25) is 5.02 Å². The number of hydrogen-bond acceptors (Lipinski definition) is 3. The summed E-state index contributed by atoms with van der Waals surface area (Å²) < 4.78 is 11.2. The van der Waals surface area contributed by atoms with Gasteiger partial charge in [-0.25, -0.2) is 0 Å². The first-order chi connectivity index (χ1) is 10.1. The second-order valence-corrected chi connectivity index (χ2v) is 5.25. The van der Waals surface area contributed by atoms with Gasteiger partial charge in [-0.3, -0.25) is 4.79 Å². The third-order valence-electron chi connectivity index (χ3n) is 3.25. The van der Waals surface area contributed by atoms with Gasteiger partial charge in [0.15, 0.2) is 11.5 Å². The van der Waals surface area contributed by atoms with Crippen LogP contribution < -0.4 is 14.8 Å². The summed E-state index contributed by atoms with van der Waals surface area (Å²) in [6.07, 6.45) is -0.671. The monoisotopic (exact) mass is 303 g/mol. The van der Waals surface area contributed by atoms with Gasteiger partial charge in [0.2, 0.25) is 6.10 Å². The second-order valence-electron chi connectivity index (χ2n) is 4.81. The van der Waals surface area contributed by atoms with Gasteiger partial charge in [-0.1, -0.05) is 23.7 Å². The standard InChI is InChI=1S/C16H14ClNO3/c1-10-8-11(17)6-7-12(10)18-16(19)15-9-20-13-4-2-3-5-14(13)21-15/h2-8,15H,9H2,1H3,(H,18,19)/t15-/m0/s1. The fourth-order valence-electron chi connectivity index (χ4n) is 2.13. The number of ether oxygens (including phenoxy) is 2. The van der Waals surface area contributed by atoms with Crippen LogP contribution in [-0.2, 0) is 4.79 Å². The van der Waals surface area contributed by atoms with E-state index in [9.17, 15) is 4.79 Å². The largest absolute Gasteiger partial charge is 0.485 e. The van der Waals surface area contributed by atoms with E-state index in [1.54, 1.807) is 24.3 Å². The van der Waals surface area contributed by atoms with Gasteiger partial charge in [-0.2, -0.15) is 0 Å². The molecular formula is C16H14ClNO3. The fraction of sp³-hybridized carbons (Fsp3) is 0.188. The van der Waals surface area contributed by atoms with Gasteiger partial charge in [0.25, 0.3) is 5.91 Å². The van der Waals surface area contributed by atoms with Crippen molar-refractivity contribution in [1.82, 2.24) is 0 Å². The molecular weight excluding hydrogens is 290 g/mol. The first kappa shape index (κ1) is 13.8. The number of nitrogens with one attached hydrogen (secondary N) is 1. The van der Waals surface area contributed by atoms with Crippen molar-refractivity contribution >= 4 is 23.2 Å². The molecule has 3 rings (SSSR count). The van der Waals surface area contributed by atoms with Crippen LogP contribution in [0.5, 0.6) is 11.5 Å². The van der Waals surface area contributed by atoms with E-state index in [0.717, 1.165) is 5.56 Å². The van der Waals surface area contributed by atoms with Crippen LogP contribution in [-0.4, -0.2) is 18.6 Å². The maximum atomic E-state index is 12.3. The van der Waals surface area contributed by atoms with Gasteiger partial charge < -0.3 is 14.8 Å². The van der Waals surface area contributed by atoms with Crippen LogP contribution >= 0.6 is 11.6 Å². The van der Waals surface area contributed by atoms with Crippen molar-refractivity contribution in [1.29, 1.82) is 0 Å². The molecule has 0 aliphatic carbocycles. The number of para-hydroxylation sites is 2. The van der Waals surface area contributed by atoms with Crippen molar-refractivity contribution in [3.8, 4) is 11.5 Å². The number of carbonyl (C=O) groups is 1. The summed E-state index contributed by atoms with van der Waals surface area (Å²) in [6, 6.07) is 12.6. The number of anilines is 1. The third-order valence-corrected chi connectivity index (χ3v) is 3.48. The lowest BCUT2D eigenvalue weighted by Gasteiger charge is -2.25. The molecule has 4 nitrogen and oxygen atoms in total. The summed E-state index contributed by atoms with van der Waals surface area (Å²) in [5.41, 5.74) is 1.61. The molecule has 5 heteroatoms. The van der Waals surface area contributed by atoms with Crippen molar-refractivity contribution in [2.45, 2.75) is 13.0 Å². The second kappa shape index (κ2) is 5.66. The van der Waals surface area contributed by atoms with E-state index < -0.39 is 6.10 Å². The van der Waals surface area contributed by atoms with Gasteiger partial charge in [0.1, 0.15) is 6.61 Å². The van der Waals surface area contributed by atoms with Crippen molar-refractivity contribution in [3.05, 3.63) is 53.1 Å². The Labute approximate surface area is 127 Å². The predicted octanol–water partition coefficient (Wildman–Crippen LogP) is 3.43. The molecule has 21 heavy (non-hydrogen) atoms. The molecule has 1 N–H and O–H groups in total. The van der Waals surface area contributed by atoms with E-state index in [2.05, 4.69) is 5.32 Å². The zero-order chi connectivity index (χ0) is 14.8. The molecule has 0 bridgehead atoms. The van der Waals surface area contributed by atoms with Gasteiger partial charge in [0.05, 0.1) is 0 Å². The van der Waals surface area contributed by atoms with Crippen LogP contribution in [0.1, 0.15) is 5.56 Å². The zero-order valence-electron chi connectivity index (χ0n) is 11.4. The molecule has 0 radical (unpaired) electrons. The highest BCUT2D eigenvalue weighted by molar-refractivity contribution is 6.30. The van der Waals surface area contributed by atoms with E-state index in [0.29, 0.717) is 22.2 Å². The van der Waals surface area contributed by atoms with Crippen molar-refractivity contribution in [2.24, 2.45) is 0 Å². The molecule has 0 saturated heterocycles. The number of aryl methyl sites for hydroxylation is 1. The SMILES string of the molecule is Cc1cc(Cl)ccc1NC(=O)[C@@H]1COc2ccccc2O1. The zero-order valence-corrected chi connectivity index (χ0v) is 12.2. The van der Waals surface area contributed by atoms with Crippen LogP contribution in [0.15, 0.2) is 42.5 Å². The Morgan fingerprint density at radius 2 is 2.00 bits per heavy atom. The summed E-state index contributed by atoms with van der Waals surface area (Å²) >= 11 is 5.90. The predicted molar refractivity (Wildman–Crippen MR) is 81.2 cm³/mol. The molecule has 108 valence electrons. The minimum absolute atomic E-state index is 0.190. The lowest BCUT2D eigenvalue weighted by Crippen LogP contribution is -2.40. The third kappa shape index (κ3) is 2.95. The van der Waals surface area contributed by atoms with Gasteiger partial charge in [0, 0.05) is 10.7 Å². The quantitative estimate of drug-likeness (QED) is 0.924. The number of fused-ring (bicyclic) bond motifs is 1. The number of hydrogen-bond donors (Lipinski definition) is 1. The molecule has 1 aliphatic rings. The summed E-state index contributed by atoms with van der Waals surface area (Å²) in [4.78, 5) is 12.3. The molecule has 1 aliphatic heterocycles. The molecule has 1 atom stereocenters. The summed E-state index contributed by atoms with van der Waals surface area (Å²) in [7, 11) is 0. The Morgan fingerprint density at radius 1 is 1.24 bits per heavy atom. The Kier molecular flexibility index (Phi) is 3.71. The summed E-state index contributed by atoms with van der Waals surface area (Å²) in [5.74, 6) is 0.996. The summed E-state index contributed by atoms with van der Waals surface area (Å²) in [6.45, 7) is 2.07. The first-order valence-electron chi connectivity index (χ1n) is 6.59. The average molecular weight is 304 g/mol. The van der Waals surface area contributed by atoms with Gasteiger partial charge in [-0.15, -0.1) is 0 Å². The van der Waals surface area contributed by atoms with Crippen molar-refractivity contribution in [3.63, 3.8) is 0 Å². The lowest BCUT2D eigenvalue weighted by atomic mass is 10.2. The number of amides is 1. The number of benzene rings is 2. The molecule has 1 amide bonds. The molecule has 1 heterocycles. The Bertz CT molecular complexity index is 687. The Morgan fingerprint density at radius 3 is 2.76 bits per heavy atom. The Hall–Kier alpha value is -2.20. The molecule has 2 aromatic rings. The van der Waals surface area contributed by atoms with E-state index >= 15 is 0 Å². The van der Waals surface area contributed by atoms with Crippen molar-refractivity contribution < 1.29 is 14.3 Å².